The lowest BCUT2D eigenvalue weighted by atomic mass is 9.72. The van der Waals surface area contributed by atoms with E-state index in [-0.39, 0.29) is 42.3 Å². The van der Waals surface area contributed by atoms with E-state index in [0.29, 0.717) is 61.4 Å². The van der Waals surface area contributed by atoms with Crippen molar-refractivity contribution in [3.63, 3.8) is 0 Å². The standard InChI is InChI=1S/C30H29F3N4O3.2ClH/c31-30(32,33)21-13-19(12-20(16-21)29(34)9-1-10-29)28(39)36-22-4-2-17-3-5-23(15-18(17)14-22)40-25-8-11-35-27-24(25)6-7-26(38)37-27;;/h3,5,8,11-13,15-16,22H,1-2,4,6-7,9-10,14,34H2,(H,36,39)(H,35,37,38);2*1H/t22-;;/m1../s1. The van der Waals surface area contributed by atoms with Gasteiger partial charge in [-0.25, -0.2) is 4.98 Å². The highest BCUT2D eigenvalue weighted by molar-refractivity contribution is 5.95. The number of nitrogens with two attached hydrogens (primary N) is 1. The Morgan fingerprint density at radius 2 is 1.83 bits per heavy atom. The van der Waals surface area contributed by atoms with Gasteiger partial charge in [-0.3, -0.25) is 9.59 Å². The summed E-state index contributed by atoms with van der Waals surface area (Å²) in [6.45, 7) is 0. The van der Waals surface area contributed by atoms with Crippen molar-refractivity contribution in [3.05, 3.63) is 82.0 Å². The van der Waals surface area contributed by atoms with Crippen LogP contribution in [-0.2, 0) is 35.8 Å². The molecule has 0 spiro atoms. The smallest absolute Gasteiger partial charge is 0.416 e. The normalized spacial score (nSPS) is 18.6. The lowest BCUT2D eigenvalue weighted by Crippen LogP contribution is -2.44. The van der Waals surface area contributed by atoms with Gasteiger partial charge in [0.2, 0.25) is 5.91 Å². The molecule has 4 N–H and O–H groups in total. The number of fused-ring (bicyclic) bond motifs is 2. The van der Waals surface area contributed by atoms with Crippen LogP contribution >= 0.6 is 24.8 Å². The second kappa shape index (κ2) is 12.1. The topological polar surface area (TPSA) is 106 Å². The number of hydrogen-bond acceptors (Lipinski definition) is 5. The number of aromatic nitrogens is 1. The van der Waals surface area contributed by atoms with E-state index >= 15 is 0 Å². The molecule has 224 valence electrons. The molecule has 2 aromatic carbocycles. The Hall–Kier alpha value is -3.34. The Morgan fingerprint density at radius 3 is 2.55 bits per heavy atom. The van der Waals surface area contributed by atoms with Crippen molar-refractivity contribution < 1.29 is 27.5 Å². The molecule has 3 aromatic rings. The third-order valence-corrected chi connectivity index (χ3v) is 8.19. The lowest BCUT2D eigenvalue weighted by Gasteiger charge is -2.39. The molecule has 2 heterocycles. The van der Waals surface area contributed by atoms with Crippen molar-refractivity contribution >= 4 is 42.4 Å². The van der Waals surface area contributed by atoms with Crippen LogP contribution in [-0.4, -0.2) is 22.8 Å². The van der Waals surface area contributed by atoms with Gasteiger partial charge in [-0.05, 0) is 98.0 Å². The number of hydrogen-bond donors (Lipinski definition) is 3. The van der Waals surface area contributed by atoms with Crippen molar-refractivity contribution in [2.45, 2.75) is 69.1 Å². The van der Waals surface area contributed by atoms with Crippen LogP contribution < -0.4 is 21.1 Å². The summed E-state index contributed by atoms with van der Waals surface area (Å²) < 4.78 is 47.1. The Morgan fingerprint density at radius 1 is 1.05 bits per heavy atom. The summed E-state index contributed by atoms with van der Waals surface area (Å²) in [5.41, 5.74) is 7.95. The fourth-order valence-electron chi connectivity index (χ4n) is 5.72. The van der Waals surface area contributed by atoms with Crippen molar-refractivity contribution in [2.75, 3.05) is 5.32 Å². The molecule has 1 aliphatic heterocycles. The predicted molar refractivity (Wildman–Crippen MR) is 157 cm³/mol. The number of rotatable bonds is 5. The third kappa shape index (κ3) is 6.35. The van der Waals surface area contributed by atoms with Crippen LogP contribution in [0, 0.1) is 0 Å². The van der Waals surface area contributed by atoms with Crippen LogP contribution in [0.4, 0.5) is 19.0 Å². The quantitative estimate of drug-likeness (QED) is 0.312. The Balaban J connectivity index is 0.00000202. The molecule has 2 amide bonds. The molecule has 6 rings (SSSR count). The van der Waals surface area contributed by atoms with Gasteiger partial charge in [0.25, 0.3) is 5.91 Å². The summed E-state index contributed by atoms with van der Waals surface area (Å²) in [5, 5.41) is 5.71. The Labute approximate surface area is 253 Å². The molecule has 2 aliphatic carbocycles. The van der Waals surface area contributed by atoms with Crippen LogP contribution in [0.3, 0.4) is 0 Å². The average molecular weight is 624 g/mol. The van der Waals surface area contributed by atoms with Gasteiger partial charge in [-0.1, -0.05) is 6.07 Å². The first kappa shape index (κ1) is 31.6. The van der Waals surface area contributed by atoms with Gasteiger partial charge < -0.3 is 21.1 Å². The largest absolute Gasteiger partial charge is 0.457 e. The maximum atomic E-state index is 13.6. The SMILES string of the molecule is Cl.Cl.NC1(c2cc(C(=O)N[C@@H]3CCc4ccc(Oc5ccnc6c5CCC(=O)N6)cc4C3)cc(C(F)(F)F)c2)CCC1. The highest BCUT2D eigenvalue weighted by Gasteiger charge is 2.38. The molecule has 0 bridgehead atoms. The zero-order valence-corrected chi connectivity index (χ0v) is 24.2. The van der Waals surface area contributed by atoms with Crippen molar-refractivity contribution in [2.24, 2.45) is 5.73 Å². The van der Waals surface area contributed by atoms with Crippen molar-refractivity contribution in [1.29, 1.82) is 0 Å². The summed E-state index contributed by atoms with van der Waals surface area (Å²) >= 11 is 0. The second-order valence-electron chi connectivity index (χ2n) is 10.9. The number of aryl methyl sites for hydroxylation is 1. The van der Waals surface area contributed by atoms with E-state index in [1.165, 1.54) is 6.07 Å². The second-order valence-corrected chi connectivity index (χ2v) is 10.9. The predicted octanol–water partition coefficient (Wildman–Crippen LogP) is 6.25. The van der Waals surface area contributed by atoms with Crippen LogP contribution in [0.1, 0.15) is 70.3 Å². The van der Waals surface area contributed by atoms with E-state index in [0.717, 1.165) is 41.7 Å². The number of ether oxygens (including phenoxy) is 1. The molecule has 7 nitrogen and oxygen atoms in total. The molecule has 1 atom stereocenters. The number of carbonyl (C=O) groups is 2. The number of benzene rings is 2. The first-order valence-corrected chi connectivity index (χ1v) is 13.5. The monoisotopic (exact) mass is 622 g/mol. The molecule has 0 saturated heterocycles. The van der Waals surface area contributed by atoms with E-state index in [2.05, 4.69) is 15.6 Å². The van der Waals surface area contributed by atoms with Gasteiger partial charge in [0.1, 0.15) is 17.3 Å². The fraction of sp³-hybridized carbons (Fsp3) is 0.367. The van der Waals surface area contributed by atoms with Gasteiger partial charge in [0, 0.05) is 35.3 Å². The Kier molecular flexibility index (Phi) is 9.11. The maximum absolute atomic E-state index is 13.6. The van der Waals surface area contributed by atoms with Gasteiger partial charge in [0.15, 0.2) is 0 Å². The first-order chi connectivity index (χ1) is 19.1. The number of halogens is 5. The van der Waals surface area contributed by atoms with Crippen LogP contribution in [0.15, 0.2) is 48.7 Å². The molecule has 1 fully saturated rings. The highest BCUT2D eigenvalue weighted by Crippen LogP contribution is 2.41. The summed E-state index contributed by atoms with van der Waals surface area (Å²) in [6, 6.07) is 10.8. The summed E-state index contributed by atoms with van der Waals surface area (Å²) in [7, 11) is 0. The minimum Gasteiger partial charge on any atom is -0.457 e. The lowest BCUT2D eigenvalue weighted by molar-refractivity contribution is -0.137. The number of nitrogens with one attached hydrogen (secondary N) is 2. The van der Waals surface area contributed by atoms with E-state index in [4.69, 9.17) is 10.5 Å². The summed E-state index contributed by atoms with van der Waals surface area (Å²) in [5.74, 6) is 1.13. The van der Waals surface area contributed by atoms with Crippen LogP contribution in [0.2, 0.25) is 0 Å². The number of amides is 2. The van der Waals surface area contributed by atoms with Gasteiger partial charge in [-0.2, -0.15) is 13.2 Å². The summed E-state index contributed by atoms with van der Waals surface area (Å²) in [4.78, 5) is 29.1. The van der Waals surface area contributed by atoms with E-state index in [9.17, 15) is 22.8 Å². The summed E-state index contributed by atoms with van der Waals surface area (Å²) in [6.07, 6.45) is 1.85. The van der Waals surface area contributed by atoms with E-state index in [1.807, 2.05) is 18.2 Å². The molecule has 1 saturated carbocycles. The zero-order valence-electron chi connectivity index (χ0n) is 22.6. The van der Waals surface area contributed by atoms with E-state index < -0.39 is 23.2 Å². The third-order valence-electron chi connectivity index (χ3n) is 8.19. The fourth-order valence-corrected chi connectivity index (χ4v) is 5.72. The molecule has 1 aromatic heterocycles. The van der Waals surface area contributed by atoms with Crippen molar-refractivity contribution in [3.8, 4) is 11.5 Å². The molecule has 42 heavy (non-hydrogen) atoms. The molecule has 3 aliphatic rings. The number of alkyl halides is 3. The van der Waals surface area contributed by atoms with Gasteiger partial charge in [-0.15, -0.1) is 24.8 Å². The zero-order chi connectivity index (χ0) is 28.1. The maximum Gasteiger partial charge on any atom is 0.416 e. The minimum atomic E-state index is -4.58. The average Bonchev–Trinajstić information content (AvgIpc) is 2.90. The number of pyridine rings is 1. The molecular formula is C30H31Cl2F3N4O3. The molecule has 0 radical (unpaired) electrons. The molecule has 0 unspecified atom stereocenters. The van der Waals surface area contributed by atoms with Gasteiger partial charge >= 0.3 is 6.18 Å². The number of anilines is 1. The Bertz CT molecular complexity index is 1510. The van der Waals surface area contributed by atoms with Crippen LogP contribution in [0.25, 0.3) is 0 Å². The molecule has 12 heteroatoms. The van der Waals surface area contributed by atoms with Gasteiger partial charge in [0.05, 0.1) is 5.56 Å². The van der Waals surface area contributed by atoms with E-state index in [1.54, 1.807) is 12.3 Å². The van der Waals surface area contributed by atoms with Crippen LogP contribution in [0.5, 0.6) is 11.5 Å². The number of nitrogens with zero attached hydrogens (tertiary/aromatic N) is 1. The first-order valence-electron chi connectivity index (χ1n) is 13.5. The molecular weight excluding hydrogens is 592 g/mol. The number of carbonyl (C=O) groups excluding carboxylic acids is 2. The highest BCUT2D eigenvalue weighted by atomic mass is 35.5. The van der Waals surface area contributed by atoms with Crippen molar-refractivity contribution in [1.82, 2.24) is 10.3 Å². The minimum absolute atomic E-state index is 0.